The van der Waals surface area contributed by atoms with E-state index >= 15 is 0 Å². The molecule has 0 saturated carbocycles. The summed E-state index contributed by atoms with van der Waals surface area (Å²) in [6.45, 7) is 4.52. The third-order valence-electron chi connectivity index (χ3n) is 4.70. The number of nitrogens with zero attached hydrogens (tertiary/aromatic N) is 3. The van der Waals surface area contributed by atoms with E-state index in [1.54, 1.807) is 6.08 Å². The molecule has 1 aliphatic rings. The minimum Gasteiger partial charge on any atom is -0.489 e. The Kier molecular flexibility index (Phi) is 4.59. The van der Waals surface area contributed by atoms with Crippen LogP contribution in [0.3, 0.4) is 0 Å². The Morgan fingerprint density at radius 3 is 2.70 bits per heavy atom. The monoisotopic (exact) mass is 359 g/mol. The average Bonchev–Trinajstić information content (AvgIpc) is 3.12. The molecule has 0 unspecified atom stereocenters. The van der Waals surface area contributed by atoms with Crippen molar-refractivity contribution in [3.8, 4) is 17.1 Å². The highest BCUT2D eigenvalue weighted by molar-refractivity contribution is 5.91. The Morgan fingerprint density at radius 2 is 1.93 bits per heavy atom. The van der Waals surface area contributed by atoms with Crippen LogP contribution >= 0.6 is 0 Å². The predicted octanol–water partition coefficient (Wildman–Crippen LogP) is 4.02. The maximum Gasteiger partial charge on any atom is 0.272 e. The SMILES string of the molecule is CCc1cccc(C)c1OCC1=CC(=O)n2nc(-c3ccccc3)nc2C1. The number of rotatable bonds is 5. The highest BCUT2D eigenvalue weighted by atomic mass is 16.5. The molecular weight excluding hydrogens is 338 g/mol. The van der Waals surface area contributed by atoms with Crippen molar-refractivity contribution >= 4 is 5.91 Å². The van der Waals surface area contributed by atoms with Crippen LogP contribution in [0, 0.1) is 6.92 Å². The van der Waals surface area contributed by atoms with Gasteiger partial charge in [-0.15, -0.1) is 5.10 Å². The van der Waals surface area contributed by atoms with Crippen molar-refractivity contribution in [2.24, 2.45) is 0 Å². The molecule has 3 aromatic rings. The Labute approximate surface area is 158 Å². The van der Waals surface area contributed by atoms with Crippen molar-refractivity contribution in [1.29, 1.82) is 0 Å². The van der Waals surface area contributed by atoms with Gasteiger partial charge in [0.15, 0.2) is 5.82 Å². The van der Waals surface area contributed by atoms with E-state index in [0.29, 0.717) is 24.7 Å². The Balaban J connectivity index is 1.53. The Bertz CT molecular complexity index is 1020. The van der Waals surface area contributed by atoms with Gasteiger partial charge in [0.2, 0.25) is 0 Å². The minimum absolute atomic E-state index is 0.176. The van der Waals surface area contributed by atoms with Crippen LogP contribution < -0.4 is 4.74 Å². The lowest BCUT2D eigenvalue weighted by molar-refractivity contribution is 0.0943. The van der Waals surface area contributed by atoms with Gasteiger partial charge >= 0.3 is 0 Å². The summed E-state index contributed by atoms with van der Waals surface area (Å²) in [5, 5.41) is 4.37. The van der Waals surface area contributed by atoms with Crippen LogP contribution in [-0.4, -0.2) is 27.3 Å². The third kappa shape index (κ3) is 3.40. The second kappa shape index (κ2) is 7.19. The van der Waals surface area contributed by atoms with E-state index in [-0.39, 0.29) is 5.91 Å². The predicted molar refractivity (Wildman–Crippen MR) is 104 cm³/mol. The molecule has 0 bridgehead atoms. The maximum atomic E-state index is 12.5. The molecule has 0 amide bonds. The minimum atomic E-state index is -0.176. The highest BCUT2D eigenvalue weighted by Gasteiger charge is 2.22. The molecule has 1 aliphatic heterocycles. The van der Waals surface area contributed by atoms with E-state index in [9.17, 15) is 4.79 Å². The van der Waals surface area contributed by atoms with Crippen molar-refractivity contribution in [2.75, 3.05) is 6.61 Å². The summed E-state index contributed by atoms with van der Waals surface area (Å²) in [6.07, 6.45) is 3.07. The fourth-order valence-electron chi connectivity index (χ4n) is 3.29. The average molecular weight is 359 g/mol. The van der Waals surface area contributed by atoms with Gasteiger partial charge in [0, 0.05) is 18.1 Å². The number of para-hydroxylation sites is 1. The van der Waals surface area contributed by atoms with Gasteiger partial charge in [0.1, 0.15) is 18.2 Å². The second-order valence-corrected chi connectivity index (χ2v) is 6.65. The van der Waals surface area contributed by atoms with Crippen molar-refractivity contribution in [3.05, 3.63) is 77.1 Å². The van der Waals surface area contributed by atoms with Gasteiger partial charge in [-0.3, -0.25) is 4.79 Å². The van der Waals surface area contributed by atoms with Crippen LogP contribution in [0.1, 0.15) is 28.7 Å². The van der Waals surface area contributed by atoms with E-state index in [4.69, 9.17) is 4.74 Å². The van der Waals surface area contributed by atoms with E-state index in [1.807, 2.05) is 49.4 Å². The molecule has 0 radical (unpaired) electrons. The second-order valence-electron chi connectivity index (χ2n) is 6.65. The lowest BCUT2D eigenvalue weighted by Gasteiger charge is -2.16. The van der Waals surface area contributed by atoms with E-state index in [1.165, 1.54) is 10.2 Å². The summed E-state index contributed by atoms with van der Waals surface area (Å²) in [5.41, 5.74) is 4.08. The molecule has 4 rings (SSSR count). The maximum absolute atomic E-state index is 12.5. The van der Waals surface area contributed by atoms with Crippen LogP contribution in [0.15, 0.2) is 60.2 Å². The van der Waals surface area contributed by atoms with Gasteiger partial charge in [0.25, 0.3) is 5.91 Å². The van der Waals surface area contributed by atoms with Crippen molar-refractivity contribution in [2.45, 2.75) is 26.7 Å². The standard InChI is InChI=1S/C22H21N3O2/c1-3-17-11-7-8-15(2)21(17)27-14-16-12-19-23-22(18-9-5-4-6-10-18)24-25(19)20(26)13-16/h4-11,13H,3,12,14H2,1-2H3. The summed E-state index contributed by atoms with van der Waals surface area (Å²) in [5.74, 6) is 1.96. The van der Waals surface area contributed by atoms with Gasteiger partial charge in [-0.1, -0.05) is 55.5 Å². The fourth-order valence-corrected chi connectivity index (χ4v) is 3.29. The molecule has 5 nitrogen and oxygen atoms in total. The number of allylic oxidation sites excluding steroid dienone is 1. The number of aryl methyl sites for hydroxylation is 2. The Hall–Kier alpha value is -3.21. The van der Waals surface area contributed by atoms with Crippen LogP contribution in [0.4, 0.5) is 0 Å². The lowest BCUT2D eigenvalue weighted by atomic mass is 10.1. The smallest absolute Gasteiger partial charge is 0.272 e. The van der Waals surface area contributed by atoms with E-state index < -0.39 is 0 Å². The number of aromatic nitrogens is 3. The van der Waals surface area contributed by atoms with E-state index in [2.05, 4.69) is 23.1 Å². The number of hydrogen-bond donors (Lipinski definition) is 0. The highest BCUT2D eigenvalue weighted by Crippen LogP contribution is 2.26. The van der Waals surface area contributed by atoms with Gasteiger partial charge < -0.3 is 4.74 Å². The van der Waals surface area contributed by atoms with Gasteiger partial charge in [0.05, 0.1) is 0 Å². The van der Waals surface area contributed by atoms with Crippen LogP contribution in [0.5, 0.6) is 5.75 Å². The molecule has 0 atom stereocenters. The number of carbonyl (C=O) groups excluding carboxylic acids is 1. The summed E-state index contributed by atoms with van der Waals surface area (Å²) in [4.78, 5) is 17.0. The van der Waals surface area contributed by atoms with Gasteiger partial charge in [-0.05, 0) is 30.0 Å². The first kappa shape index (κ1) is 17.2. The Morgan fingerprint density at radius 1 is 1.11 bits per heavy atom. The zero-order valence-electron chi connectivity index (χ0n) is 15.5. The topological polar surface area (TPSA) is 57.0 Å². The zero-order valence-corrected chi connectivity index (χ0v) is 15.5. The van der Waals surface area contributed by atoms with Crippen molar-refractivity contribution in [1.82, 2.24) is 14.8 Å². The first-order valence-corrected chi connectivity index (χ1v) is 9.12. The van der Waals surface area contributed by atoms with Gasteiger partial charge in [-0.25, -0.2) is 4.98 Å². The molecule has 0 fully saturated rings. The normalized spacial score (nSPS) is 13.3. The summed E-state index contributed by atoms with van der Waals surface area (Å²) < 4.78 is 7.46. The van der Waals surface area contributed by atoms with Crippen LogP contribution in [-0.2, 0) is 12.8 Å². The summed E-state index contributed by atoms with van der Waals surface area (Å²) in [6, 6.07) is 15.8. The summed E-state index contributed by atoms with van der Waals surface area (Å²) >= 11 is 0. The van der Waals surface area contributed by atoms with E-state index in [0.717, 1.165) is 28.9 Å². The fraction of sp³-hybridized carbons (Fsp3) is 0.227. The van der Waals surface area contributed by atoms with Gasteiger partial charge in [-0.2, -0.15) is 4.68 Å². The molecule has 136 valence electrons. The number of hydrogen-bond acceptors (Lipinski definition) is 4. The molecule has 0 aliphatic carbocycles. The molecule has 5 heteroatoms. The number of ether oxygens (including phenoxy) is 1. The third-order valence-corrected chi connectivity index (χ3v) is 4.70. The first-order chi connectivity index (χ1) is 13.2. The molecule has 0 N–H and O–H groups in total. The molecule has 27 heavy (non-hydrogen) atoms. The quantitative estimate of drug-likeness (QED) is 0.690. The van der Waals surface area contributed by atoms with Crippen LogP contribution in [0.2, 0.25) is 0 Å². The molecule has 2 heterocycles. The largest absolute Gasteiger partial charge is 0.489 e. The molecule has 0 saturated heterocycles. The zero-order chi connectivity index (χ0) is 18.8. The van der Waals surface area contributed by atoms with Crippen molar-refractivity contribution in [3.63, 3.8) is 0 Å². The number of carbonyl (C=O) groups is 1. The molecule has 1 aromatic heterocycles. The number of fused-ring (bicyclic) bond motifs is 1. The molecule has 2 aromatic carbocycles. The summed E-state index contributed by atoms with van der Waals surface area (Å²) in [7, 11) is 0. The number of benzene rings is 2. The molecular formula is C22H21N3O2. The van der Waals surface area contributed by atoms with Crippen molar-refractivity contribution < 1.29 is 9.53 Å². The lowest BCUT2D eigenvalue weighted by Crippen LogP contribution is -2.22. The first-order valence-electron chi connectivity index (χ1n) is 9.12. The van der Waals surface area contributed by atoms with Crippen LogP contribution in [0.25, 0.3) is 11.4 Å². The molecule has 0 spiro atoms.